The first-order chi connectivity index (χ1) is 10.1. The number of aliphatic imine (C=N–C) groups is 1. The SMILES string of the molecule is Cc1ccc(NC(N)=NCCCOC2CCOC2)cc1C.I. The molecular weight excluding hydrogens is 393 g/mol. The van der Waals surface area contributed by atoms with Crippen LogP contribution in [0.15, 0.2) is 23.2 Å². The number of halogens is 1. The summed E-state index contributed by atoms with van der Waals surface area (Å²) in [7, 11) is 0. The van der Waals surface area contributed by atoms with Crippen molar-refractivity contribution in [3.05, 3.63) is 29.3 Å². The van der Waals surface area contributed by atoms with Crippen molar-refractivity contribution < 1.29 is 9.47 Å². The topological polar surface area (TPSA) is 68.9 Å². The van der Waals surface area contributed by atoms with E-state index in [2.05, 4.69) is 36.3 Å². The van der Waals surface area contributed by atoms with Crippen LogP contribution in [0.5, 0.6) is 0 Å². The molecule has 1 atom stereocenters. The zero-order valence-corrected chi connectivity index (χ0v) is 15.6. The van der Waals surface area contributed by atoms with Crippen molar-refractivity contribution in [2.45, 2.75) is 32.8 Å². The van der Waals surface area contributed by atoms with E-state index in [0.29, 0.717) is 19.1 Å². The van der Waals surface area contributed by atoms with Gasteiger partial charge in [0.25, 0.3) is 0 Å². The first kappa shape index (κ1) is 19.2. The average molecular weight is 419 g/mol. The summed E-state index contributed by atoms with van der Waals surface area (Å²) < 4.78 is 10.9. The normalized spacial score (nSPS) is 18.1. The molecular formula is C16H26IN3O2. The van der Waals surface area contributed by atoms with Gasteiger partial charge in [-0.15, -0.1) is 24.0 Å². The molecule has 5 nitrogen and oxygen atoms in total. The zero-order valence-electron chi connectivity index (χ0n) is 13.3. The molecule has 1 aromatic carbocycles. The van der Waals surface area contributed by atoms with Crippen LogP contribution in [0.3, 0.4) is 0 Å². The minimum atomic E-state index is 0. The zero-order chi connectivity index (χ0) is 15.1. The molecule has 124 valence electrons. The summed E-state index contributed by atoms with van der Waals surface area (Å²) >= 11 is 0. The summed E-state index contributed by atoms with van der Waals surface area (Å²) in [5, 5.41) is 3.11. The molecule has 6 heteroatoms. The number of ether oxygens (including phenoxy) is 2. The molecule has 2 rings (SSSR count). The Morgan fingerprint density at radius 2 is 2.23 bits per heavy atom. The second-order valence-electron chi connectivity index (χ2n) is 5.40. The number of anilines is 1. The molecule has 0 aromatic heterocycles. The summed E-state index contributed by atoms with van der Waals surface area (Å²) in [6.45, 7) is 7.07. The number of aryl methyl sites for hydroxylation is 2. The third-order valence-electron chi connectivity index (χ3n) is 3.61. The largest absolute Gasteiger partial charge is 0.379 e. The Kier molecular flexibility index (Phi) is 8.74. The van der Waals surface area contributed by atoms with Crippen LogP contribution in [0.25, 0.3) is 0 Å². The molecule has 0 spiro atoms. The molecule has 0 amide bonds. The van der Waals surface area contributed by atoms with Gasteiger partial charge in [-0.1, -0.05) is 6.07 Å². The van der Waals surface area contributed by atoms with Crippen molar-refractivity contribution in [1.82, 2.24) is 0 Å². The van der Waals surface area contributed by atoms with Gasteiger partial charge in [0.15, 0.2) is 5.96 Å². The summed E-state index contributed by atoms with van der Waals surface area (Å²) in [6, 6.07) is 6.15. The van der Waals surface area contributed by atoms with Crippen molar-refractivity contribution in [2.75, 3.05) is 31.7 Å². The number of benzene rings is 1. The van der Waals surface area contributed by atoms with Gasteiger partial charge in [0.2, 0.25) is 0 Å². The van der Waals surface area contributed by atoms with E-state index in [4.69, 9.17) is 15.2 Å². The molecule has 1 unspecified atom stereocenters. The fraction of sp³-hybridized carbons (Fsp3) is 0.562. The molecule has 1 heterocycles. The molecule has 0 aliphatic carbocycles. The number of rotatable bonds is 6. The lowest BCUT2D eigenvalue weighted by Crippen LogP contribution is -2.23. The molecule has 1 aliphatic rings. The van der Waals surface area contributed by atoms with Gasteiger partial charge in [-0.05, 0) is 49.9 Å². The number of guanidine groups is 1. The van der Waals surface area contributed by atoms with E-state index in [1.165, 1.54) is 11.1 Å². The van der Waals surface area contributed by atoms with Gasteiger partial charge in [0.05, 0.1) is 12.7 Å². The predicted molar refractivity (Wildman–Crippen MR) is 101 cm³/mol. The van der Waals surface area contributed by atoms with E-state index in [9.17, 15) is 0 Å². The van der Waals surface area contributed by atoms with Crippen LogP contribution < -0.4 is 11.1 Å². The van der Waals surface area contributed by atoms with E-state index < -0.39 is 0 Å². The third kappa shape index (κ3) is 6.50. The number of hydrogen-bond donors (Lipinski definition) is 2. The van der Waals surface area contributed by atoms with Gasteiger partial charge < -0.3 is 20.5 Å². The van der Waals surface area contributed by atoms with Gasteiger partial charge >= 0.3 is 0 Å². The summed E-state index contributed by atoms with van der Waals surface area (Å²) in [5.74, 6) is 0.447. The van der Waals surface area contributed by atoms with Crippen LogP contribution in [0.2, 0.25) is 0 Å². The van der Waals surface area contributed by atoms with Crippen molar-refractivity contribution in [3.63, 3.8) is 0 Å². The monoisotopic (exact) mass is 419 g/mol. The van der Waals surface area contributed by atoms with Crippen LogP contribution in [-0.4, -0.2) is 38.4 Å². The Hall–Kier alpha value is -0.860. The lowest BCUT2D eigenvalue weighted by Gasteiger charge is -2.09. The molecule has 1 aliphatic heterocycles. The molecule has 22 heavy (non-hydrogen) atoms. The summed E-state index contributed by atoms with van der Waals surface area (Å²) in [4.78, 5) is 4.31. The maximum absolute atomic E-state index is 5.88. The molecule has 1 fully saturated rings. The first-order valence-electron chi connectivity index (χ1n) is 7.48. The van der Waals surface area contributed by atoms with Crippen molar-refractivity contribution in [2.24, 2.45) is 10.7 Å². The number of nitrogens with two attached hydrogens (primary N) is 1. The highest BCUT2D eigenvalue weighted by Gasteiger charge is 2.15. The molecule has 0 radical (unpaired) electrons. The number of nitrogens with one attached hydrogen (secondary N) is 1. The Balaban J connectivity index is 0.00000242. The minimum Gasteiger partial charge on any atom is -0.379 e. The fourth-order valence-corrected chi connectivity index (χ4v) is 2.16. The van der Waals surface area contributed by atoms with Gasteiger partial charge in [0, 0.05) is 25.4 Å². The van der Waals surface area contributed by atoms with Gasteiger partial charge in [0.1, 0.15) is 0 Å². The van der Waals surface area contributed by atoms with Gasteiger partial charge in [-0.25, -0.2) is 0 Å². The Morgan fingerprint density at radius 1 is 1.41 bits per heavy atom. The van der Waals surface area contributed by atoms with Crippen LogP contribution in [-0.2, 0) is 9.47 Å². The second-order valence-corrected chi connectivity index (χ2v) is 5.40. The van der Waals surface area contributed by atoms with E-state index >= 15 is 0 Å². The molecule has 1 saturated heterocycles. The Bertz CT molecular complexity index is 488. The highest BCUT2D eigenvalue weighted by atomic mass is 127. The molecule has 0 bridgehead atoms. The van der Waals surface area contributed by atoms with Crippen LogP contribution in [0.4, 0.5) is 5.69 Å². The quantitative estimate of drug-likeness (QED) is 0.322. The Morgan fingerprint density at radius 3 is 2.91 bits per heavy atom. The molecule has 1 aromatic rings. The summed E-state index contributed by atoms with van der Waals surface area (Å²) in [5.41, 5.74) is 9.35. The summed E-state index contributed by atoms with van der Waals surface area (Å²) in [6.07, 6.45) is 2.13. The van der Waals surface area contributed by atoms with Gasteiger partial charge in [-0.3, -0.25) is 4.99 Å². The minimum absolute atomic E-state index is 0. The lowest BCUT2D eigenvalue weighted by atomic mass is 10.1. The first-order valence-corrected chi connectivity index (χ1v) is 7.48. The highest BCUT2D eigenvalue weighted by molar-refractivity contribution is 14.0. The van der Waals surface area contributed by atoms with Crippen LogP contribution in [0.1, 0.15) is 24.0 Å². The molecule has 0 saturated carbocycles. The van der Waals surface area contributed by atoms with E-state index in [0.717, 1.165) is 31.7 Å². The predicted octanol–water partition coefficient (Wildman–Crippen LogP) is 2.84. The average Bonchev–Trinajstić information content (AvgIpc) is 2.96. The van der Waals surface area contributed by atoms with Crippen molar-refractivity contribution in [3.8, 4) is 0 Å². The maximum Gasteiger partial charge on any atom is 0.193 e. The van der Waals surface area contributed by atoms with E-state index in [1.54, 1.807) is 0 Å². The van der Waals surface area contributed by atoms with Crippen LogP contribution >= 0.6 is 24.0 Å². The lowest BCUT2D eigenvalue weighted by molar-refractivity contribution is 0.0424. The second kappa shape index (κ2) is 10.0. The fourth-order valence-electron chi connectivity index (χ4n) is 2.16. The van der Waals surface area contributed by atoms with E-state index in [-0.39, 0.29) is 30.1 Å². The van der Waals surface area contributed by atoms with Crippen molar-refractivity contribution in [1.29, 1.82) is 0 Å². The maximum atomic E-state index is 5.88. The van der Waals surface area contributed by atoms with Crippen molar-refractivity contribution >= 4 is 35.6 Å². The Labute approximate surface area is 149 Å². The smallest absolute Gasteiger partial charge is 0.193 e. The highest BCUT2D eigenvalue weighted by Crippen LogP contribution is 2.13. The van der Waals surface area contributed by atoms with Crippen LogP contribution in [0, 0.1) is 13.8 Å². The molecule has 3 N–H and O–H groups in total. The number of hydrogen-bond acceptors (Lipinski definition) is 3. The standard InChI is InChI=1S/C16H25N3O2.HI/c1-12-4-5-14(10-13(12)2)19-16(17)18-7-3-8-21-15-6-9-20-11-15;/h4-5,10,15H,3,6-9,11H2,1-2H3,(H3,17,18,19);1H. The van der Waals surface area contributed by atoms with Gasteiger partial charge in [-0.2, -0.15) is 0 Å². The van der Waals surface area contributed by atoms with E-state index in [1.807, 2.05) is 6.07 Å². The number of nitrogens with zero attached hydrogens (tertiary/aromatic N) is 1. The third-order valence-corrected chi connectivity index (χ3v) is 3.61.